The Kier molecular flexibility index (Phi) is 7.70. The Morgan fingerprint density at radius 3 is 2.41 bits per heavy atom. The van der Waals surface area contributed by atoms with Gasteiger partial charge in [-0.3, -0.25) is 4.79 Å². The predicted molar refractivity (Wildman–Crippen MR) is 144 cm³/mol. The minimum Gasteiger partial charge on any atom is -0.493 e. The molecule has 5 rings (SSSR count). The van der Waals surface area contributed by atoms with E-state index in [1.54, 1.807) is 24.0 Å². The van der Waals surface area contributed by atoms with Crippen LogP contribution in [0, 0.1) is 12.7 Å². The number of methoxy groups -OCH3 is 2. The molecule has 1 amide bonds. The first-order valence-electron chi connectivity index (χ1n) is 12.6. The number of amides is 1. The van der Waals surface area contributed by atoms with Crippen LogP contribution in [0.5, 0.6) is 11.5 Å². The number of benzene rings is 3. The van der Waals surface area contributed by atoms with Crippen molar-refractivity contribution in [3.05, 3.63) is 99.1 Å². The van der Waals surface area contributed by atoms with Gasteiger partial charge in [0.15, 0.2) is 11.5 Å². The summed E-state index contributed by atoms with van der Waals surface area (Å²) >= 11 is 6.50. The molecule has 1 aliphatic rings. The lowest BCUT2D eigenvalue weighted by molar-refractivity contribution is -0.137. The van der Waals surface area contributed by atoms with E-state index in [1.807, 2.05) is 6.07 Å². The van der Waals surface area contributed by atoms with E-state index >= 15 is 4.39 Å². The molecule has 0 unspecified atom stereocenters. The maximum atomic E-state index is 15.3. The van der Waals surface area contributed by atoms with Gasteiger partial charge in [0.25, 0.3) is 0 Å². The fraction of sp³-hybridized carbons (Fsp3) is 0.267. The van der Waals surface area contributed by atoms with Gasteiger partial charge in [-0.1, -0.05) is 17.7 Å². The summed E-state index contributed by atoms with van der Waals surface area (Å²) in [4.78, 5) is 19.8. The molecule has 214 valence electrons. The van der Waals surface area contributed by atoms with Gasteiger partial charge < -0.3 is 18.8 Å². The summed E-state index contributed by atoms with van der Waals surface area (Å²) in [5.41, 5.74) is 1.52. The van der Waals surface area contributed by atoms with Gasteiger partial charge in [-0.2, -0.15) is 13.2 Å². The predicted octanol–water partition coefficient (Wildman–Crippen LogP) is 7.20. The van der Waals surface area contributed by atoms with E-state index < -0.39 is 23.6 Å². The number of aromatic nitrogens is 1. The summed E-state index contributed by atoms with van der Waals surface area (Å²) in [6, 6.07) is 11.4. The number of hydrogen-bond acceptors (Lipinski definition) is 5. The molecule has 1 atom stereocenters. The fourth-order valence-electron chi connectivity index (χ4n) is 5.06. The van der Waals surface area contributed by atoms with Gasteiger partial charge in [-0.05, 0) is 73.0 Å². The van der Waals surface area contributed by atoms with E-state index in [2.05, 4.69) is 4.98 Å². The van der Waals surface area contributed by atoms with Crippen LogP contribution in [0.2, 0.25) is 5.02 Å². The van der Waals surface area contributed by atoms with E-state index in [0.717, 1.165) is 17.7 Å². The number of oxazole rings is 1. The molecular weight excluding hydrogens is 564 g/mol. The van der Waals surface area contributed by atoms with Crippen LogP contribution >= 0.6 is 11.6 Å². The molecule has 41 heavy (non-hydrogen) atoms. The van der Waals surface area contributed by atoms with Crippen LogP contribution in [0.4, 0.5) is 17.6 Å². The molecule has 1 aromatic heterocycles. The number of carbonyl (C=O) groups is 1. The van der Waals surface area contributed by atoms with Crippen LogP contribution in [0.25, 0.3) is 11.5 Å². The molecule has 0 N–H and O–H groups in total. The van der Waals surface area contributed by atoms with E-state index in [-0.39, 0.29) is 35.3 Å². The quantitative estimate of drug-likeness (QED) is 0.223. The third-order valence-electron chi connectivity index (χ3n) is 7.14. The average molecular weight is 589 g/mol. The monoisotopic (exact) mass is 588 g/mol. The Hall–Kier alpha value is -4.05. The van der Waals surface area contributed by atoms with Crippen molar-refractivity contribution in [3.63, 3.8) is 0 Å². The first kappa shape index (κ1) is 28.5. The first-order chi connectivity index (χ1) is 19.5. The number of ether oxygens (including phenoxy) is 2. The Morgan fingerprint density at radius 1 is 1.10 bits per heavy atom. The highest BCUT2D eigenvalue weighted by Gasteiger charge is 2.37. The smallest absolute Gasteiger partial charge is 0.416 e. The minimum absolute atomic E-state index is 0.0912. The van der Waals surface area contributed by atoms with Crippen LogP contribution in [0.15, 0.2) is 59.0 Å². The zero-order valence-corrected chi connectivity index (χ0v) is 23.1. The lowest BCUT2D eigenvalue weighted by Crippen LogP contribution is -2.42. The van der Waals surface area contributed by atoms with Gasteiger partial charge in [0, 0.05) is 22.7 Å². The minimum atomic E-state index is -4.47. The molecule has 3 aromatic carbocycles. The van der Waals surface area contributed by atoms with Crippen molar-refractivity contribution >= 4 is 17.5 Å². The van der Waals surface area contributed by atoms with Crippen LogP contribution < -0.4 is 9.47 Å². The van der Waals surface area contributed by atoms with Crippen molar-refractivity contribution in [3.8, 4) is 23.0 Å². The maximum Gasteiger partial charge on any atom is 0.416 e. The summed E-state index contributed by atoms with van der Waals surface area (Å²) in [6.07, 6.45) is -4.18. The zero-order valence-electron chi connectivity index (χ0n) is 22.3. The standard InChI is InChI=1S/C30H25ClF4N2O4/c1-16-23(36-29(41-16)17-7-9-19(10-8-17)30(33,34)35)15-26(38)37-12-11-18-13-24(39-2)25(40-3)14-20(18)28(37)27-21(31)5-4-6-22(27)32/h4-10,13-14,28H,11-12,15H2,1-3H3/t28-/m1/s1. The van der Waals surface area contributed by atoms with Gasteiger partial charge >= 0.3 is 6.18 Å². The van der Waals surface area contributed by atoms with Crippen molar-refractivity contribution in [2.24, 2.45) is 0 Å². The Balaban J connectivity index is 1.50. The Labute approximate surface area is 238 Å². The van der Waals surface area contributed by atoms with Gasteiger partial charge in [0.1, 0.15) is 11.6 Å². The highest BCUT2D eigenvalue weighted by Crippen LogP contribution is 2.44. The SMILES string of the molecule is COc1cc2c(cc1OC)[C@H](c1c(F)cccc1Cl)N(C(=O)Cc1nc(-c3ccc(C(F)(F)F)cc3)oc1C)CC2. The molecule has 0 aliphatic carbocycles. The second-order valence-corrected chi connectivity index (χ2v) is 9.96. The van der Waals surface area contributed by atoms with Crippen molar-refractivity contribution in [1.82, 2.24) is 9.88 Å². The van der Waals surface area contributed by atoms with Crippen LogP contribution in [-0.4, -0.2) is 36.6 Å². The molecule has 2 heterocycles. The van der Waals surface area contributed by atoms with Gasteiger partial charge in [-0.25, -0.2) is 9.37 Å². The summed E-state index contributed by atoms with van der Waals surface area (Å²) in [7, 11) is 3.01. The van der Waals surface area contributed by atoms with Crippen LogP contribution in [0.1, 0.15) is 39.7 Å². The third kappa shape index (κ3) is 5.48. The summed E-state index contributed by atoms with van der Waals surface area (Å²) < 4.78 is 70.8. The highest BCUT2D eigenvalue weighted by atomic mass is 35.5. The molecule has 6 nitrogen and oxygen atoms in total. The van der Waals surface area contributed by atoms with Gasteiger partial charge in [-0.15, -0.1) is 0 Å². The molecule has 0 bridgehead atoms. The molecule has 0 spiro atoms. The first-order valence-corrected chi connectivity index (χ1v) is 13.0. The van der Waals surface area contributed by atoms with Crippen LogP contribution in [-0.2, 0) is 23.8 Å². The molecule has 0 radical (unpaired) electrons. The molecule has 0 saturated heterocycles. The molecule has 1 aliphatic heterocycles. The molecule has 4 aromatic rings. The van der Waals surface area contributed by atoms with Gasteiger partial charge in [0.05, 0.1) is 37.9 Å². The fourth-order valence-corrected chi connectivity index (χ4v) is 5.33. The summed E-state index contributed by atoms with van der Waals surface area (Å²) in [6.45, 7) is 1.89. The molecule has 11 heteroatoms. The van der Waals surface area contributed by atoms with Crippen molar-refractivity contribution in [1.29, 1.82) is 0 Å². The Morgan fingerprint density at radius 2 is 1.78 bits per heavy atom. The van der Waals surface area contributed by atoms with E-state index in [0.29, 0.717) is 40.5 Å². The normalized spacial score (nSPS) is 15.0. The molecule has 0 saturated carbocycles. The van der Waals surface area contributed by atoms with E-state index in [4.69, 9.17) is 25.5 Å². The number of halogens is 5. The zero-order chi connectivity index (χ0) is 29.5. The summed E-state index contributed by atoms with van der Waals surface area (Å²) in [5, 5.41) is 0.164. The number of alkyl halides is 3. The molecular formula is C30H25ClF4N2O4. The number of fused-ring (bicyclic) bond motifs is 1. The lowest BCUT2D eigenvalue weighted by atomic mass is 9.87. The number of rotatable bonds is 6. The topological polar surface area (TPSA) is 64.8 Å². The van der Waals surface area contributed by atoms with E-state index in [9.17, 15) is 18.0 Å². The number of nitrogens with zero attached hydrogens (tertiary/aromatic N) is 2. The van der Waals surface area contributed by atoms with Crippen LogP contribution in [0.3, 0.4) is 0 Å². The lowest BCUT2D eigenvalue weighted by Gasteiger charge is -2.38. The number of carbonyl (C=O) groups excluding carboxylic acids is 1. The Bertz CT molecular complexity index is 1580. The average Bonchev–Trinajstić information content (AvgIpc) is 3.31. The number of aryl methyl sites for hydroxylation is 1. The number of hydrogen-bond donors (Lipinski definition) is 0. The largest absolute Gasteiger partial charge is 0.493 e. The van der Waals surface area contributed by atoms with Gasteiger partial charge in [0.2, 0.25) is 11.8 Å². The van der Waals surface area contributed by atoms with Crippen molar-refractivity contribution in [2.45, 2.75) is 32.0 Å². The second kappa shape index (κ2) is 11.1. The van der Waals surface area contributed by atoms with Crippen molar-refractivity contribution < 1.29 is 36.2 Å². The van der Waals surface area contributed by atoms with E-state index in [1.165, 1.54) is 38.5 Å². The molecule has 0 fully saturated rings. The third-order valence-corrected chi connectivity index (χ3v) is 7.47. The van der Waals surface area contributed by atoms with Crippen molar-refractivity contribution in [2.75, 3.05) is 20.8 Å². The highest BCUT2D eigenvalue weighted by molar-refractivity contribution is 6.31. The maximum absolute atomic E-state index is 15.3. The second-order valence-electron chi connectivity index (χ2n) is 9.55. The summed E-state index contributed by atoms with van der Waals surface area (Å²) in [5.74, 6) is 0.450.